The molecule has 1 aromatic carbocycles. The van der Waals surface area contributed by atoms with Gasteiger partial charge in [-0.2, -0.15) is 0 Å². The van der Waals surface area contributed by atoms with Crippen molar-refractivity contribution in [2.75, 3.05) is 26.6 Å². The summed E-state index contributed by atoms with van der Waals surface area (Å²) in [4.78, 5) is 13.3. The maximum absolute atomic E-state index is 11.6. The van der Waals surface area contributed by atoms with Crippen molar-refractivity contribution in [3.8, 4) is 5.75 Å². The summed E-state index contributed by atoms with van der Waals surface area (Å²) in [6, 6.07) is 6.08. The van der Waals surface area contributed by atoms with Crippen molar-refractivity contribution < 1.29 is 9.53 Å². The van der Waals surface area contributed by atoms with E-state index in [4.69, 9.17) is 16.3 Å². The lowest BCUT2D eigenvalue weighted by Gasteiger charge is -2.17. The van der Waals surface area contributed by atoms with E-state index in [2.05, 4.69) is 6.07 Å². The molecule has 0 aliphatic heterocycles. The number of nitrogens with zero attached hydrogens (tertiary/aromatic N) is 1. The summed E-state index contributed by atoms with van der Waals surface area (Å²) in [5.74, 6) is 1.33. The van der Waals surface area contributed by atoms with Crippen LogP contribution in [0.1, 0.15) is 17.5 Å². The van der Waals surface area contributed by atoms with Crippen LogP contribution < -0.4 is 4.74 Å². The third-order valence-electron chi connectivity index (χ3n) is 2.89. The highest BCUT2D eigenvalue weighted by molar-refractivity contribution is 6.18. The Kier molecular flexibility index (Phi) is 5.99. The number of aryl methyl sites for hydroxylation is 1. The Morgan fingerprint density at radius 3 is 2.78 bits per heavy atom. The van der Waals surface area contributed by atoms with E-state index in [1.54, 1.807) is 19.1 Å². The van der Waals surface area contributed by atoms with E-state index in [9.17, 15) is 4.79 Å². The number of likely N-dealkylation sites (N-methyl/N-ethyl adjacent to an activating group) is 1. The molecule has 0 aliphatic rings. The van der Waals surface area contributed by atoms with Crippen LogP contribution in [0.3, 0.4) is 0 Å². The fourth-order valence-electron chi connectivity index (χ4n) is 1.79. The lowest BCUT2D eigenvalue weighted by molar-refractivity contribution is -0.129. The van der Waals surface area contributed by atoms with E-state index in [-0.39, 0.29) is 5.91 Å². The Hall–Kier alpha value is -1.22. The van der Waals surface area contributed by atoms with Crippen LogP contribution in [0.2, 0.25) is 0 Å². The number of benzene rings is 1. The van der Waals surface area contributed by atoms with Gasteiger partial charge in [0.1, 0.15) is 5.75 Å². The average Bonchev–Trinajstić information content (AvgIpc) is 2.36. The molecule has 1 aromatic rings. The van der Waals surface area contributed by atoms with E-state index >= 15 is 0 Å². The molecule has 0 saturated carbocycles. The molecule has 3 nitrogen and oxygen atoms in total. The summed E-state index contributed by atoms with van der Waals surface area (Å²) < 4.78 is 5.32. The number of rotatable bonds is 6. The van der Waals surface area contributed by atoms with Gasteiger partial charge in [-0.3, -0.25) is 4.79 Å². The number of alkyl halides is 1. The van der Waals surface area contributed by atoms with Crippen molar-refractivity contribution >= 4 is 17.5 Å². The third kappa shape index (κ3) is 4.22. The highest BCUT2D eigenvalue weighted by Gasteiger charge is 2.09. The quantitative estimate of drug-likeness (QED) is 0.743. The van der Waals surface area contributed by atoms with Crippen molar-refractivity contribution in [3.05, 3.63) is 29.3 Å². The summed E-state index contributed by atoms with van der Waals surface area (Å²) in [5.41, 5.74) is 2.32. The number of halogens is 1. The molecule has 0 spiro atoms. The first-order valence-electron chi connectivity index (χ1n) is 6.02. The topological polar surface area (TPSA) is 29.5 Å². The fraction of sp³-hybridized carbons (Fsp3) is 0.500. The van der Waals surface area contributed by atoms with Gasteiger partial charge in [-0.05, 0) is 25.0 Å². The van der Waals surface area contributed by atoms with Gasteiger partial charge in [0, 0.05) is 25.9 Å². The zero-order valence-corrected chi connectivity index (χ0v) is 12.0. The fourth-order valence-corrected chi connectivity index (χ4v) is 1.95. The highest BCUT2D eigenvalue weighted by Crippen LogP contribution is 2.20. The van der Waals surface area contributed by atoms with E-state index < -0.39 is 0 Å². The molecule has 1 amide bonds. The molecule has 100 valence electrons. The van der Waals surface area contributed by atoms with Crippen molar-refractivity contribution in [1.82, 2.24) is 4.90 Å². The number of hydrogen-bond acceptors (Lipinski definition) is 2. The van der Waals surface area contributed by atoms with Crippen molar-refractivity contribution in [2.24, 2.45) is 0 Å². The van der Waals surface area contributed by atoms with Crippen molar-refractivity contribution in [1.29, 1.82) is 0 Å². The van der Waals surface area contributed by atoms with Crippen LogP contribution in [0, 0.1) is 6.92 Å². The second kappa shape index (κ2) is 7.27. The summed E-state index contributed by atoms with van der Waals surface area (Å²) in [7, 11) is 3.47. The van der Waals surface area contributed by atoms with Crippen LogP contribution in [0.25, 0.3) is 0 Å². The maximum Gasteiger partial charge on any atom is 0.223 e. The van der Waals surface area contributed by atoms with Gasteiger partial charge < -0.3 is 9.64 Å². The molecule has 0 aromatic heterocycles. The number of amides is 1. The van der Waals surface area contributed by atoms with Gasteiger partial charge in [-0.1, -0.05) is 17.7 Å². The van der Waals surface area contributed by atoms with Gasteiger partial charge in [0.15, 0.2) is 0 Å². The second-order valence-corrected chi connectivity index (χ2v) is 4.70. The van der Waals surface area contributed by atoms with Crippen LogP contribution in [0.4, 0.5) is 0 Å². The normalized spacial score (nSPS) is 10.2. The average molecular weight is 270 g/mol. The minimum Gasteiger partial charge on any atom is -0.496 e. The first-order chi connectivity index (χ1) is 8.58. The molecule has 0 radical (unpaired) electrons. The SMILES string of the molecule is COc1ccc(C)cc1CCN(C)C(=O)CCCl. The zero-order valence-electron chi connectivity index (χ0n) is 11.2. The first kappa shape index (κ1) is 14.8. The van der Waals surface area contributed by atoms with Gasteiger partial charge in [-0.25, -0.2) is 0 Å². The van der Waals surface area contributed by atoms with Crippen LogP contribution in [0.15, 0.2) is 18.2 Å². The lowest BCUT2D eigenvalue weighted by Crippen LogP contribution is -2.28. The van der Waals surface area contributed by atoms with Crippen LogP contribution >= 0.6 is 11.6 Å². The van der Waals surface area contributed by atoms with E-state index in [0.29, 0.717) is 18.8 Å². The number of hydrogen-bond donors (Lipinski definition) is 0. The Morgan fingerprint density at radius 1 is 1.44 bits per heavy atom. The Balaban J connectivity index is 2.62. The van der Waals surface area contributed by atoms with Crippen LogP contribution in [-0.4, -0.2) is 37.4 Å². The predicted molar refractivity (Wildman–Crippen MR) is 74.4 cm³/mol. The Labute approximate surface area is 114 Å². The Morgan fingerprint density at radius 2 is 2.17 bits per heavy atom. The molecular formula is C14H20ClNO2. The Bertz CT molecular complexity index is 407. The number of ether oxygens (including phenoxy) is 1. The molecule has 0 unspecified atom stereocenters. The minimum absolute atomic E-state index is 0.0802. The summed E-state index contributed by atoms with van der Waals surface area (Å²) in [6.45, 7) is 2.72. The summed E-state index contributed by atoms with van der Waals surface area (Å²) in [5, 5.41) is 0. The lowest BCUT2D eigenvalue weighted by atomic mass is 10.1. The summed E-state index contributed by atoms with van der Waals surface area (Å²) >= 11 is 5.56. The van der Waals surface area contributed by atoms with Gasteiger partial charge >= 0.3 is 0 Å². The van der Waals surface area contributed by atoms with Gasteiger partial charge in [-0.15, -0.1) is 11.6 Å². The smallest absolute Gasteiger partial charge is 0.223 e. The molecule has 0 bridgehead atoms. The minimum atomic E-state index is 0.0802. The molecule has 0 atom stereocenters. The predicted octanol–water partition coefficient (Wildman–Crippen LogP) is 2.63. The molecule has 0 fully saturated rings. The number of methoxy groups -OCH3 is 1. The van der Waals surface area contributed by atoms with E-state index in [1.807, 2.05) is 19.1 Å². The van der Waals surface area contributed by atoms with E-state index in [1.165, 1.54) is 5.56 Å². The molecule has 4 heteroatoms. The van der Waals surface area contributed by atoms with Gasteiger partial charge in [0.25, 0.3) is 0 Å². The molecule has 0 heterocycles. The molecule has 1 rings (SSSR count). The monoisotopic (exact) mass is 269 g/mol. The maximum atomic E-state index is 11.6. The third-order valence-corrected chi connectivity index (χ3v) is 3.08. The van der Waals surface area contributed by atoms with Gasteiger partial charge in [0.2, 0.25) is 5.91 Å². The van der Waals surface area contributed by atoms with E-state index in [0.717, 1.165) is 17.7 Å². The molecule has 18 heavy (non-hydrogen) atoms. The van der Waals surface area contributed by atoms with Gasteiger partial charge in [0.05, 0.1) is 7.11 Å². The summed E-state index contributed by atoms with van der Waals surface area (Å²) in [6.07, 6.45) is 1.18. The number of carbonyl (C=O) groups is 1. The van der Waals surface area contributed by atoms with Crippen molar-refractivity contribution in [3.63, 3.8) is 0 Å². The van der Waals surface area contributed by atoms with Crippen LogP contribution in [0.5, 0.6) is 5.75 Å². The molecular weight excluding hydrogens is 250 g/mol. The standard InChI is InChI=1S/C14H20ClNO2/c1-11-4-5-13(18-3)12(10-11)7-9-16(2)14(17)6-8-15/h4-5,10H,6-9H2,1-3H3. The van der Waals surface area contributed by atoms with Crippen LogP contribution in [-0.2, 0) is 11.2 Å². The molecule has 0 saturated heterocycles. The molecule has 0 N–H and O–H groups in total. The highest BCUT2D eigenvalue weighted by atomic mass is 35.5. The number of carbonyl (C=O) groups excluding carboxylic acids is 1. The first-order valence-corrected chi connectivity index (χ1v) is 6.55. The zero-order chi connectivity index (χ0) is 13.5. The largest absolute Gasteiger partial charge is 0.496 e. The van der Waals surface area contributed by atoms with Crippen molar-refractivity contribution in [2.45, 2.75) is 19.8 Å². The molecule has 0 aliphatic carbocycles. The second-order valence-electron chi connectivity index (χ2n) is 4.32.